The molecule has 3 aromatic rings. The second-order valence-electron chi connectivity index (χ2n) is 5.97. The lowest BCUT2D eigenvalue weighted by molar-refractivity contribution is 0.305. The Balaban J connectivity index is 1.48. The molecular formula is C22H19NO2. The zero-order valence-electron chi connectivity index (χ0n) is 13.8. The Morgan fingerprint density at radius 2 is 1.64 bits per heavy atom. The molecule has 1 heterocycles. The van der Waals surface area contributed by atoms with Crippen molar-refractivity contribution in [3.63, 3.8) is 0 Å². The Hall–Kier alpha value is -3.07. The first-order valence-corrected chi connectivity index (χ1v) is 8.41. The Bertz CT molecular complexity index is 859. The summed E-state index contributed by atoms with van der Waals surface area (Å²) in [5, 5.41) is 0. The summed E-state index contributed by atoms with van der Waals surface area (Å²) in [6.07, 6.45) is 0. The van der Waals surface area contributed by atoms with Crippen molar-refractivity contribution in [3.05, 3.63) is 102 Å². The summed E-state index contributed by atoms with van der Waals surface area (Å²) >= 11 is 0. The third-order valence-electron chi connectivity index (χ3n) is 4.16. The molecular weight excluding hydrogens is 310 g/mol. The number of hydrogen-bond acceptors (Lipinski definition) is 3. The minimum Gasteiger partial charge on any atom is -0.489 e. The van der Waals surface area contributed by atoms with Crippen LogP contribution in [0.2, 0.25) is 0 Å². The quantitative estimate of drug-likeness (QED) is 0.674. The third-order valence-corrected chi connectivity index (χ3v) is 4.16. The normalized spacial score (nSPS) is 16.2. The van der Waals surface area contributed by atoms with E-state index in [9.17, 15) is 0 Å². The number of rotatable bonds is 5. The maximum absolute atomic E-state index is 5.89. The van der Waals surface area contributed by atoms with E-state index >= 15 is 0 Å². The Morgan fingerprint density at radius 3 is 2.44 bits per heavy atom. The molecule has 0 spiro atoms. The van der Waals surface area contributed by atoms with Crippen LogP contribution in [0.5, 0.6) is 5.75 Å². The molecule has 0 saturated heterocycles. The number of hydrogen-bond donors (Lipinski definition) is 0. The van der Waals surface area contributed by atoms with E-state index in [0.29, 0.717) is 19.1 Å². The molecule has 4 rings (SSSR count). The lowest BCUT2D eigenvalue weighted by atomic mass is 10.1. The minimum absolute atomic E-state index is 0.0603. The van der Waals surface area contributed by atoms with E-state index in [1.165, 1.54) is 5.56 Å². The SMILES string of the molecule is c1ccc(COc2cccc(C3=N[C@H](c4ccccc4)CO3)c2)cc1. The zero-order chi connectivity index (χ0) is 16.9. The molecule has 0 amide bonds. The number of ether oxygens (including phenoxy) is 2. The fourth-order valence-electron chi connectivity index (χ4n) is 2.84. The number of nitrogens with zero attached hydrogens (tertiary/aromatic N) is 1. The first kappa shape index (κ1) is 15.5. The molecule has 1 aliphatic rings. The second kappa shape index (κ2) is 7.22. The maximum atomic E-state index is 5.89. The highest BCUT2D eigenvalue weighted by Gasteiger charge is 2.21. The highest BCUT2D eigenvalue weighted by molar-refractivity contribution is 5.95. The second-order valence-corrected chi connectivity index (χ2v) is 5.97. The minimum atomic E-state index is 0.0603. The van der Waals surface area contributed by atoms with Gasteiger partial charge in [-0.25, -0.2) is 4.99 Å². The Morgan fingerprint density at radius 1 is 0.880 bits per heavy atom. The largest absolute Gasteiger partial charge is 0.489 e. The number of benzene rings is 3. The summed E-state index contributed by atoms with van der Waals surface area (Å²) in [5.74, 6) is 1.50. The third kappa shape index (κ3) is 3.72. The van der Waals surface area contributed by atoms with Crippen molar-refractivity contribution in [2.24, 2.45) is 4.99 Å². The van der Waals surface area contributed by atoms with Gasteiger partial charge in [-0.3, -0.25) is 0 Å². The Labute approximate surface area is 147 Å². The molecule has 0 aliphatic carbocycles. The summed E-state index contributed by atoms with van der Waals surface area (Å²) in [4.78, 5) is 4.73. The highest BCUT2D eigenvalue weighted by atomic mass is 16.5. The molecule has 0 aromatic heterocycles. The van der Waals surface area contributed by atoms with Gasteiger partial charge in [0.2, 0.25) is 5.90 Å². The van der Waals surface area contributed by atoms with Crippen molar-refractivity contribution in [3.8, 4) is 5.75 Å². The van der Waals surface area contributed by atoms with Crippen molar-refractivity contribution < 1.29 is 9.47 Å². The predicted octanol–water partition coefficient (Wildman–Crippen LogP) is 4.78. The van der Waals surface area contributed by atoms with Crippen molar-refractivity contribution in [1.29, 1.82) is 0 Å². The van der Waals surface area contributed by atoms with Gasteiger partial charge in [-0.15, -0.1) is 0 Å². The number of aliphatic imine (C=N–C) groups is 1. The van der Waals surface area contributed by atoms with E-state index in [1.807, 2.05) is 60.7 Å². The van der Waals surface area contributed by atoms with Gasteiger partial charge in [0.25, 0.3) is 0 Å². The van der Waals surface area contributed by atoms with E-state index in [1.54, 1.807) is 0 Å². The summed E-state index contributed by atoms with van der Waals surface area (Å²) in [6.45, 7) is 1.12. The van der Waals surface area contributed by atoms with Gasteiger partial charge in [0, 0.05) is 5.56 Å². The van der Waals surface area contributed by atoms with Crippen LogP contribution in [0.15, 0.2) is 89.9 Å². The molecule has 124 valence electrons. The van der Waals surface area contributed by atoms with Gasteiger partial charge in [-0.05, 0) is 29.3 Å². The van der Waals surface area contributed by atoms with Crippen LogP contribution in [0.3, 0.4) is 0 Å². The topological polar surface area (TPSA) is 30.8 Å². The van der Waals surface area contributed by atoms with Crippen LogP contribution >= 0.6 is 0 Å². The van der Waals surface area contributed by atoms with Crippen LogP contribution in [0.25, 0.3) is 0 Å². The van der Waals surface area contributed by atoms with Gasteiger partial charge in [-0.1, -0.05) is 66.7 Å². The van der Waals surface area contributed by atoms with Crippen molar-refractivity contribution >= 4 is 5.90 Å². The first-order chi connectivity index (χ1) is 12.4. The van der Waals surface area contributed by atoms with Gasteiger partial charge >= 0.3 is 0 Å². The fraction of sp³-hybridized carbons (Fsp3) is 0.136. The molecule has 0 saturated carbocycles. The molecule has 25 heavy (non-hydrogen) atoms. The summed E-state index contributed by atoms with van der Waals surface area (Å²) < 4.78 is 11.7. The van der Waals surface area contributed by atoms with Gasteiger partial charge < -0.3 is 9.47 Å². The van der Waals surface area contributed by atoms with Gasteiger partial charge in [0.15, 0.2) is 0 Å². The smallest absolute Gasteiger partial charge is 0.217 e. The summed E-state index contributed by atoms with van der Waals surface area (Å²) in [6, 6.07) is 28.3. The monoisotopic (exact) mass is 329 g/mol. The molecule has 0 bridgehead atoms. The van der Waals surface area contributed by atoms with E-state index in [0.717, 1.165) is 16.9 Å². The summed E-state index contributed by atoms with van der Waals surface area (Å²) in [7, 11) is 0. The average Bonchev–Trinajstić information content (AvgIpc) is 3.18. The van der Waals surface area contributed by atoms with E-state index in [2.05, 4.69) is 24.3 Å². The van der Waals surface area contributed by atoms with Crippen molar-refractivity contribution in [2.75, 3.05) is 6.61 Å². The van der Waals surface area contributed by atoms with Crippen molar-refractivity contribution in [2.45, 2.75) is 12.6 Å². The predicted molar refractivity (Wildman–Crippen MR) is 98.9 cm³/mol. The van der Waals surface area contributed by atoms with E-state index in [-0.39, 0.29) is 6.04 Å². The lowest BCUT2D eigenvalue weighted by Crippen LogP contribution is -2.02. The first-order valence-electron chi connectivity index (χ1n) is 8.41. The average molecular weight is 329 g/mol. The van der Waals surface area contributed by atoms with Gasteiger partial charge in [0.05, 0.1) is 0 Å². The fourth-order valence-corrected chi connectivity index (χ4v) is 2.84. The van der Waals surface area contributed by atoms with Crippen LogP contribution in [0, 0.1) is 0 Å². The standard InChI is InChI=1S/C22H19NO2/c1-3-8-17(9-4-1)15-24-20-13-7-12-19(14-20)22-23-21(16-25-22)18-10-5-2-6-11-18/h1-14,21H,15-16H2/t21-/m0/s1. The highest BCUT2D eigenvalue weighted by Crippen LogP contribution is 2.26. The molecule has 3 nitrogen and oxygen atoms in total. The molecule has 0 radical (unpaired) electrons. The zero-order valence-corrected chi connectivity index (χ0v) is 13.8. The lowest BCUT2D eigenvalue weighted by Gasteiger charge is -2.08. The van der Waals surface area contributed by atoms with E-state index < -0.39 is 0 Å². The summed E-state index contributed by atoms with van der Waals surface area (Å²) in [5.41, 5.74) is 3.27. The molecule has 0 N–H and O–H groups in total. The molecule has 1 aliphatic heterocycles. The Kier molecular flexibility index (Phi) is 4.46. The van der Waals surface area contributed by atoms with Crippen LogP contribution in [0.1, 0.15) is 22.7 Å². The van der Waals surface area contributed by atoms with Crippen LogP contribution in [0.4, 0.5) is 0 Å². The maximum Gasteiger partial charge on any atom is 0.217 e. The van der Waals surface area contributed by atoms with Crippen LogP contribution in [-0.2, 0) is 11.3 Å². The molecule has 0 unspecified atom stereocenters. The van der Waals surface area contributed by atoms with Gasteiger partial charge in [0.1, 0.15) is 25.0 Å². The molecule has 0 fully saturated rings. The van der Waals surface area contributed by atoms with Crippen LogP contribution < -0.4 is 4.74 Å². The molecule has 3 heteroatoms. The van der Waals surface area contributed by atoms with Crippen molar-refractivity contribution in [1.82, 2.24) is 0 Å². The molecule has 3 aromatic carbocycles. The van der Waals surface area contributed by atoms with E-state index in [4.69, 9.17) is 14.5 Å². The van der Waals surface area contributed by atoms with Gasteiger partial charge in [-0.2, -0.15) is 0 Å². The van der Waals surface area contributed by atoms with Crippen LogP contribution in [-0.4, -0.2) is 12.5 Å². The molecule has 1 atom stereocenters.